The molecular weight excluding hydrogens is 326 g/mol. The van der Waals surface area contributed by atoms with E-state index in [-0.39, 0.29) is 5.25 Å². The van der Waals surface area contributed by atoms with Gasteiger partial charge >= 0.3 is 0 Å². The van der Waals surface area contributed by atoms with E-state index >= 15 is 0 Å². The second kappa shape index (κ2) is 5.94. The van der Waals surface area contributed by atoms with Gasteiger partial charge in [-0.15, -0.1) is 0 Å². The molecule has 5 heteroatoms. The average Bonchev–Trinajstić information content (AvgIpc) is 2.32. The summed E-state index contributed by atoms with van der Waals surface area (Å²) in [5.74, 6) is 0. The summed E-state index contributed by atoms with van der Waals surface area (Å²) < 4.78 is 24.4. The Balaban J connectivity index is 2.07. The smallest absolute Gasteiger partial charge is 0.151 e. The van der Waals surface area contributed by atoms with E-state index in [1.807, 2.05) is 0 Å². The van der Waals surface area contributed by atoms with Crippen LogP contribution in [-0.2, 0) is 16.4 Å². The van der Waals surface area contributed by atoms with Crippen LogP contribution >= 0.6 is 15.9 Å². The Morgan fingerprint density at radius 1 is 1.42 bits per heavy atom. The normalized spacial score (nSPS) is 21.5. The quantitative estimate of drug-likeness (QED) is 0.845. The Morgan fingerprint density at radius 2 is 2.16 bits per heavy atom. The van der Waals surface area contributed by atoms with Gasteiger partial charge < -0.3 is 0 Å². The predicted octanol–water partition coefficient (Wildman–Crippen LogP) is 2.77. The van der Waals surface area contributed by atoms with Gasteiger partial charge in [-0.3, -0.25) is 4.90 Å². The molecule has 0 aliphatic carbocycles. The van der Waals surface area contributed by atoms with Crippen LogP contribution in [0.4, 0.5) is 0 Å². The van der Waals surface area contributed by atoms with Gasteiger partial charge in [0.2, 0.25) is 0 Å². The molecule has 19 heavy (non-hydrogen) atoms. The van der Waals surface area contributed by atoms with E-state index in [1.165, 1.54) is 17.4 Å². The monoisotopic (exact) mass is 345 g/mol. The van der Waals surface area contributed by atoms with Crippen LogP contribution in [0.25, 0.3) is 0 Å². The van der Waals surface area contributed by atoms with Crippen molar-refractivity contribution in [3.8, 4) is 0 Å². The van der Waals surface area contributed by atoms with Crippen molar-refractivity contribution in [2.75, 3.05) is 19.3 Å². The lowest BCUT2D eigenvalue weighted by Gasteiger charge is -2.32. The molecule has 1 atom stereocenters. The fourth-order valence-corrected chi connectivity index (χ4v) is 4.22. The third-order valence-electron chi connectivity index (χ3n) is 3.67. The maximum Gasteiger partial charge on any atom is 0.151 e. The van der Waals surface area contributed by atoms with Crippen LogP contribution in [-0.4, -0.2) is 37.9 Å². The fraction of sp³-hybridized carbons (Fsp3) is 0.571. The minimum absolute atomic E-state index is 0.203. The van der Waals surface area contributed by atoms with Crippen molar-refractivity contribution < 1.29 is 8.42 Å². The third kappa shape index (κ3) is 4.04. The van der Waals surface area contributed by atoms with Gasteiger partial charge in [0, 0.05) is 23.8 Å². The third-order valence-corrected chi connectivity index (χ3v) is 6.00. The summed E-state index contributed by atoms with van der Waals surface area (Å²) in [6.07, 6.45) is 3.11. The number of piperidine rings is 1. The van der Waals surface area contributed by atoms with E-state index in [0.29, 0.717) is 6.54 Å². The number of hydrogen-bond donors (Lipinski definition) is 0. The molecule has 1 aromatic rings. The van der Waals surface area contributed by atoms with E-state index < -0.39 is 9.84 Å². The summed E-state index contributed by atoms with van der Waals surface area (Å²) in [6.45, 7) is 4.51. The lowest BCUT2D eigenvalue weighted by molar-refractivity contribution is 0.222. The SMILES string of the molecule is Cc1ccc(CN2CCC[C@@H](S(C)(=O)=O)C2)c(Br)c1. The molecule has 0 bridgehead atoms. The van der Waals surface area contributed by atoms with Crippen molar-refractivity contribution in [2.45, 2.75) is 31.6 Å². The number of hydrogen-bond acceptors (Lipinski definition) is 3. The zero-order valence-electron chi connectivity index (χ0n) is 11.4. The van der Waals surface area contributed by atoms with Gasteiger partial charge in [0.25, 0.3) is 0 Å². The first-order valence-corrected chi connectivity index (χ1v) is 9.27. The topological polar surface area (TPSA) is 37.4 Å². The standard InChI is InChI=1S/C14H20BrNO2S/c1-11-5-6-12(14(15)8-11)9-16-7-3-4-13(10-16)19(2,17)18/h5-6,8,13H,3-4,7,9-10H2,1-2H3/t13-/m1/s1. The van der Waals surface area contributed by atoms with E-state index in [0.717, 1.165) is 30.4 Å². The van der Waals surface area contributed by atoms with Crippen molar-refractivity contribution in [1.82, 2.24) is 4.90 Å². The Labute approximate surface area is 124 Å². The van der Waals surface area contributed by atoms with Crippen LogP contribution in [0.15, 0.2) is 22.7 Å². The predicted molar refractivity (Wildman–Crippen MR) is 82.0 cm³/mol. The minimum Gasteiger partial charge on any atom is -0.298 e. The lowest BCUT2D eigenvalue weighted by Crippen LogP contribution is -2.41. The summed E-state index contributed by atoms with van der Waals surface area (Å²) in [5, 5.41) is -0.203. The maximum atomic E-state index is 11.7. The summed E-state index contributed by atoms with van der Waals surface area (Å²) in [6, 6.07) is 6.31. The first-order valence-electron chi connectivity index (χ1n) is 6.52. The molecule has 1 aromatic carbocycles. The van der Waals surface area contributed by atoms with E-state index in [4.69, 9.17) is 0 Å². The minimum atomic E-state index is -2.92. The van der Waals surface area contributed by atoms with Gasteiger partial charge in [-0.25, -0.2) is 8.42 Å². The van der Waals surface area contributed by atoms with Gasteiger partial charge in [-0.2, -0.15) is 0 Å². The second-order valence-electron chi connectivity index (χ2n) is 5.42. The number of sulfone groups is 1. The van der Waals surface area contributed by atoms with Gasteiger partial charge in [0.1, 0.15) is 0 Å². The summed E-state index contributed by atoms with van der Waals surface area (Å²) >= 11 is 3.58. The molecule has 1 fully saturated rings. The second-order valence-corrected chi connectivity index (χ2v) is 8.60. The number of nitrogens with zero attached hydrogens (tertiary/aromatic N) is 1. The molecule has 0 radical (unpaired) electrons. The van der Waals surface area contributed by atoms with Gasteiger partial charge in [0.05, 0.1) is 5.25 Å². The Kier molecular flexibility index (Phi) is 4.69. The highest BCUT2D eigenvalue weighted by atomic mass is 79.9. The molecule has 0 spiro atoms. The Morgan fingerprint density at radius 3 is 2.79 bits per heavy atom. The van der Waals surface area contributed by atoms with Crippen LogP contribution in [0.2, 0.25) is 0 Å². The van der Waals surface area contributed by atoms with Crippen LogP contribution in [0.1, 0.15) is 24.0 Å². The number of benzene rings is 1. The molecular formula is C14H20BrNO2S. The molecule has 3 nitrogen and oxygen atoms in total. The molecule has 0 aromatic heterocycles. The van der Waals surface area contributed by atoms with Crippen molar-refractivity contribution >= 4 is 25.8 Å². The fourth-order valence-electron chi connectivity index (χ4n) is 2.53. The summed E-state index contributed by atoms with van der Waals surface area (Å²) in [4.78, 5) is 2.24. The molecule has 0 N–H and O–H groups in total. The zero-order chi connectivity index (χ0) is 14.0. The van der Waals surface area contributed by atoms with Crippen LogP contribution in [0.5, 0.6) is 0 Å². The van der Waals surface area contributed by atoms with Crippen molar-refractivity contribution in [3.63, 3.8) is 0 Å². The molecule has 2 rings (SSSR count). The summed E-state index contributed by atoms with van der Waals surface area (Å²) in [7, 11) is -2.92. The number of rotatable bonds is 3. The number of halogens is 1. The lowest BCUT2D eigenvalue weighted by atomic mass is 10.1. The largest absolute Gasteiger partial charge is 0.298 e. The highest BCUT2D eigenvalue weighted by Gasteiger charge is 2.27. The molecule has 0 amide bonds. The first-order chi connectivity index (χ1) is 8.86. The van der Waals surface area contributed by atoms with Gasteiger partial charge in [-0.1, -0.05) is 28.1 Å². The molecule has 1 heterocycles. The summed E-state index contributed by atoms with van der Waals surface area (Å²) in [5.41, 5.74) is 2.45. The average molecular weight is 346 g/mol. The van der Waals surface area contributed by atoms with Crippen molar-refractivity contribution in [3.05, 3.63) is 33.8 Å². The molecule has 1 saturated heterocycles. The Hall–Kier alpha value is -0.390. The first kappa shape index (κ1) is 15.0. The van der Waals surface area contributed by atoms with Crippen molar-refractivity contribution in [2.24, 2.45) is 0 Å². The van der Waals surface area contributed by atoms with Gasteiger partial charge in [-0.05, 0) is 43.5 Å². The molecule has 1 aliphatic rings. The molecule has 106 valence electrons. The molecule has 1 aliphatic heterocycles. The highest BCUT2D eigenvalue weighted by Crippen LogP contribution is 2.23. The van der Waals surface area contributed by atoms with Crippen LogP contribution in [0.3, 0.4) is 0 Å². The van der Waals surface area contributed by atoms with Crippen LogP contribution < -0.4 is 0 Å². The van der Waals surface area contributed by atoms with E-state index in [1.54, 1.807) is 0 Å². The highest BCUT2D eigenvalue weighted by molar-refractivity contribution is 9.10. The van der Waals surface area contributed by atoms with E-state index in [9.17, 15) is 8.42 Å². The molecule has 0 unspecified atom stereocenters. The number of aryl methyl sites for hydroxylation is 1. The Bertz CT molecular complexity index is 557. The van der Waals surface area contributed by atoms with Crippen molar-refractivity contribution in [1.29, 1.82) is 0 Å². The zero-order valence-corrected chi connectivity index (χ0v) is 13.8. The van der Waals surface area contributed by atoms with E-state index in [2.05, 4.69) is 46.0 Å². The molecule has 0 saturated carbocycles. The number of likely N-dealkylation sites (tertiary alicyclic amines) is 1. The van der Waals surface area contributed by atoms with Gasteiger partial charge in [0.15, 0.2) is 9.84 Å². The maximum absolute atomic E-state index is 11.7. The van der Waals surface area contributed by atoms with Crippen LogP contribution in [0, 0.1) is 6.92 Å².